The van der Waals surface area contributed by atoms with Crippen molar-refractivity contribution in [2.24, 2.45) is 0 Å². The third kappa shape index (κ3) is 3.84. The lowest BCUT2D eigenvalue weighted by molar-refractivity contribution is 0.174. The van der Waals surface area contributed by atoms with Crippen molar-refractivity contribution in [2.75, 3.05) is 6.54 Å². The van der Waals surface area contributed by atoms with E-state index in [4.69, 9.17) is 11.6 Å². The predicted octanol–water partition coefficient (Wildman–Crippen LogP) is 2.94. The summed E-state index contributed by atoms with van der Waals surface area (Å²) in [6.45, 7) is 5.97. The van der Waals surface area contributed by atoms with E-state index >= 15 is 0 Å². The molecule has 1 aromatic heterocycles. The van der Waals surface area contributed by atoms with Crippen LogP contribution in [0.3, 0.4) is 0 Å². The van der Waals surface area contributed by atoms with Crippen molar-refractivity contribution in [3.8, 4) is 0 Å². The molecule has 0 amide bonds. The Hall–Kier alpha value is -1.36. The van der Waals surface area contributed by atoms with Gasteiger partial charge in [-0.1, -0.05) is 48.9 Å². The molecule has 1 atom stereocenters. The minimum atomic E-state index is -0.520. The Morgan fingerprint density at radius 3 is 2.62 bits per heavy atom. The first-order valence-electron chi connectivity index (χ1n) is 7.35. The molecule has 1 heterocycles. The Morgan fingerprint density at radius 2 is 2.00 bits per heavy atom. The maximum Gasteiger partial charge on any atom is 0.0914 e. The van der Waals surface area contributed by atoms with E-state index in [0.717, 1.165) is 34.9 Å². The number of aryl methyl sites for hydroxylation is 2. The van der Waals surface area contributed by atoms with Crippen LogP contribution < -0.4 is 5.32 Å². The molecule has 2 N–H and O–H groups in total. The lowest BCUT2D eigenvalue weighted by atomic mass is 10.1. The zero-order valence-electron chi connectivity index (χ0n) is 12.5. The highest BCUT2D eigenvalue weighted by Gasteiger charge is 2.14. The van der Waals surface area contributed by atoms with Gasteiger partial charge in [-0.3, -0.25) is 4.68 Å². The van der Waals surface area contributed by atoms with E-state index in [9.17, 15) is 5.11 Å². The van der Waals surface area contributed by atoms with E-state index in [2.05, 4.69) is 10.4 Å². The highest BCUT2D eigenvalue weighted by Crippen LogP contribution is 2.21. The topological polar surface area (TPSA) is 50.1 Å². The van der Waals surface area contributed by atoms with Crippen LogP contribution in [0.4, 0.5) is 0 Å². The Labute approximate surface area is 130 Å². The lowest BCUT2D eigenvalue weighted by Crippen LogP contribution is -2.22. The number of rotatable bonds is 7. The maximum absolute atomic E-state index is 10.1. The first kappa shape index (κ1) is 16.0. The molecular weight excluding hydrogens is 286 g/mol. The third-order valence-corrected chi connectivity index (χ3v) is 3.94. The summed E-state index contributed by atoms with van der Waals surface area (Å²) in [5, 5.41) is 18.6. The van der Waals surface area contributed by atoms with E-state index in [1.807, 2.05) is 48.9 Å². The largest absolute Gasteiger partial charge is 0.387 e. The van der Waals surface area contributed by atoms with E-state index < -0.39 is 6.10 Å². The number of nitrogens with zero attached hydrogens (tertiary/aromatic N) is 2. The Kier molecular flexibility index (Phi) is 5.79. The van der Waals surface area contributed by atoms with E-state index in [1.54, 1.807) is 0 Å². The van der Waals surface area contributed by atoms with Crippen LogP contribution >= 0.6 is 11.6 Å². The monoisotopic (exact) mass is 307 g/mol. The third-order valence-electron chi connectivity index (χ3n) is 3.51. The molecule has 0 saturated heterocycles. The molecule has 1 aromatic carbocycles. The van der Waals surface area contributed by atoms with E-state index in [1.165, 1.54) is 0 Å². The van der Waals surface area contributed by atoms with Crippen molar-refractivity contribution in [1.29, 1.82) is 0 Å². The van der Waals surface area contributed by atoms with Gasteiger partial charge in [0.2, 0.25) is 0 Å². The second-order valence-electron chi connectivity index (χ2n) is 4.93. The standard InChI is InChI=1S/C16H22ClN3O/c1-3-13-16(17)14(20(4-2)19-13)10-18-11-15(21)12-8-6-5-7-9-12/h5-9,15,18,21H,3-4,10-11H2,1-2H3. The molecule has 2 aromatic rings. The van der Waals surface area contributed by atoms with Gasteiger partial charge in [-0.15, -0.1) is 0 Å². The number of benzene rings is 1. The van der Waals surface area contributed by atoms with Crippen molar-refractivity contribution in [1.82, 2.24) is 15.1 Å². The van der Waals surface area contributed by atoms with Gasteiger partial charge in [-0.2, -0.15) is 5.10 Å². The van der Waals surface area contributed by atoms with Crippen LogP contribution in [0.1, 0.15) is 36.9 Å². The van der Waals surface area contributed by atoms with Crippen LogP contribution in [0.15, 0.2) is 30.3 Å². The average molecular weight is 308 g/mol. The summed E-state index contributed by atoms with van der Waals surface area (Å²) in [4.78, 5) is 0. The molecule has 114 valence electrons. The van der Waals surface area contributed by atoms with Crippen LogP contribution in [0.25, 0.3) is 0 Å². The predicted molar refractivity (Wildman–Crippen MR) is 85.4 cm³/mol. The summed E-state index contributed by atoms with van der Waals surface area (Å²) in [6, 6.07) is 9.63. The summed E-state index contributed by atoms with van der Waals surface area (Å²) in [7, 11) is 0. The highest BCUT2D eigenvalue weighted by atomic mass is 35.5. The van der Waals surface area contributed by atoms with Gasteiger partial charge in [-0.25, -0.2) is 0 Å². The molecule has 0 aliphatic heterocycles. The Morgan fingerprint density at radius 1 is 1.29 bits per heavy atom. The van der Waals surface area contributed by atoms with Gasteiger partial charge in [-0.05, 0) is 18.9 Å². The first-order chi connectivity index (χ1) is 10.2. The number of aliphatic hydroxyl groups is 1. The van der Waals surface area contributed by atoms with Gasteiger partial charge in [0.05, 0.1) is 22.5 Å². The summed E-state index contributed by atoms with van der Waals surface area (Å²) in [5.74, 6) is 0. The molecule has 0 saturated carbocycles. The van der Waals surface area contributed by atoms with Crippen molar-refractivity contribution < 1.29 is 5.11 Å². The molecular formula is C16H22ClN3O. The van der Waals surface area contributed by atoms with Gasteiger partial charge < -0.3 is 10.4 Å². The Balaban J connectivity index is 1.96. The van der Waals surface area contributed by atoms with Crippen LogP contribution in [-0.2, 0) is 19.5 Å². The van der Waals surface area contributed by atoms with E-state index in [0.29, 0.717) is 13.1 Å². The molecule has 0 aliphatic rings. The minimum absolute atomic E-state index is 0.483. The first-order valence-corrected chi connectivity index (χ1v) is 7.72. The van der Waals surface area contributed by atoms with E-state index in [-0.39, 0.29) is 0 Å². The molecule has 0 radical (unpaired) electrons. The smallest absolute Gasteiger partial charge is 0.0914 e. The minimum Gasteiger partial charge on any atom is -0.387 e. The summed E-state index contributed by atoms with van der Waals surface area (Å²) < 4.78 is 1.92. The molecule has 0 bridgehead atoms. The SMILES string of the molecule is CCc1nn(CC)c(CNCC(O)c2ccccc2)c1Cl. The molecule has 5 heteroatoms. The number of aromatic nitrogens is 2. The van der Waals surface area contributed by atoms with Gasteiger partial charge >= 0.3 is 0 Å². The van der Waals surface area contributed by atoms with Crippen LogP contribution in [0.2, 0.25) is 5.02 Å². The second-order valence-corrected chi connectivity index (χ2v) is 5.31. The molecule has 0 spiro atoms. The molecule has 4 nitrogen and oxygen atoms in total. The number of nitrogens with one attached hydrogen (secondary N) is 1. The van der Waals surface area contributed by atoms with Crippen LogP contribution in [0, 0.1) is 0 Å². The van der Waals surface area contributed by atoms with Crippen molar-refractivity contribution >= 4 is 11.6 Å². The lowest BCUT2D eigenvalue weighted by Gasteiger charge is -2.13. The molecule has 1 unspecified atom stereocenters. The van der Waals surface area contributed by atoms with Gasteiger partial charge in [0.1, 0.15) is 0 Å². The van der Waals surface area contributed by atoms with Crippen molar-refractivity contribution in [3.63, 3.8) is 0 Å². The van der Waals surface area contributed by atoms with Gasteiger partial charge in [0.25, 0.3) is 0 Å². The molecule has 0 fully saturated rings. The summed E-state index contributed by atoms with van der Waals surface area (Å²) in [6.07, 6.45) is 0.305. The average Bonchev–Trinajstić information content (AvgIpc) is 2.84. The zero-order chi connectivity index (χ0) is 15.2. The quantitative estimate of drug-likeness (QED) is 0.827. The second kappa shape index (κ2) is 7.59. The van der Waals surface area contributed by atoms with Crippen LogP contribution in [-0.4, -0.2) is 21.4 Å². The molecule has 2 rings (SSSR count). The Bertz CT molecular complexity index is 568. The zero-order valence-corrected chi connectivity index (χ0v) is 13.3. The van der Waals surface area contributed by atoms with Crippen LogP contribution in [0.5, 0.6) is 0 Å². The molecule has 0 aliphatic carbocycles. The maximum atomic E-state index is 10.1. The number of aliphatic hydroxyl groups excluding tert-OH is 1. The highest BCUT2D eigenvalue weighted by molar-refractivity contribution is 6.31. The fraction of sp³-hybridized carbons (Fsp3) is 0.438. The fourth-order valence-electron chi connectivity index (χ4n) is 2.31. The number of hydrogen-bond acceptors (Lipinski definition) is 3. The van der Waals surface area contributed by atoms with Crippen molar-refractivity contribution in [3.05, 3.63) is 52.3 Å². The number of halogens is 1. The fourth-order valence-corrected chi connectivity index (χ4v) is 2.64. The summed E-state index contributed by atoms with van der Waals surface area (Å²) >= 11 is 6.35. The van der Waals surface area contributed by atoms with Crippen molar-refractivity contribution in [2.45, 2.75) is 39.5 Å². The normalized spacial score (nSPS) is 12.6. The molecule has 21 heavy (non-hydrogen) atoms. The van der Waals surface area contributed by atoms with Gasteiger partial charge in [0, 0.05) is 19.6 Å². The van der Waals surface area contributed by atoms with Gasteiger partial charge in [0.15, 0.2) is 0 Å². The number of hydrogen-bond donors (Lipinski definition) is 2. The summed E-state index contributed by atoms with van der Waals surface area (Å²) in [5.41, 5.74) is 2.82.